The molecule has 6 heterocycles. The fourth-order valence-corrected chi connectivity index (χ4v) is 10.4. The van der Waals surface area contributed by atoms with Gasteiger partial charge in [-0.05, 0) is 68.7 Å². The number of piperidine rings is 1. The zero-order chi connectivity index (χ0) is 37.8. The molecule has 5 aliphatic rings. The Morgan fingerprint density at radius 1 is 1.02 bits per heavy atom. The minimum absolute atomic E-state index is 0.0302. The Morgan fingerprint density at radius 2 is 1.81 bits per heavy atom. The number of nitriles is 1. The van der Waals surface area contributed by atoms with Gasteiger partial charge in [0.1, 0.15) is 16.4 Å². The van der Waals surface area contributed by atoms with Gasteiger partial charge in [0.2, 0.25) is 5.88 Å². The molecule has 0 saturated carbocycles. The van der Waals surface area contributed by atoms with Crippen LogP contribution in [-0.2, 0) is 25.1 Å². The molecule has 16 heteroatoms. The smallest absolute Gasteiger partial charge is 0.319 e. The van der Waals surface area contributed by atoms with Gasteiger partial charge >= 0.3 is 6.03 Å². The monoisotopic (exact) mass is 757 g/mol. The Kier molecular flexibility index (Phi) is 9.37. The van der Waals surface area contributed by atoms with Gasteiger partial charge in [-0.25, -0.2) is 18.2 Å². The molecule has 5 aliphatic heterocycles. The van der Waals surface area contributed by atoms with Crippen molar-refractivity contribution in [2.45, 2.75) is 60.8 Å². The lowest BCUT2D eigenvalue weighted by atomic mass is 9.83. The third-order valence-corrected chi connectivity index (χ3v) is 13.3. The predicted molar refractivity (Wildman–Crippen MR) is 195 cm³/mol. The van der Waals surface area contributed by atoms with Crippen LogP contribution in [0.5, 0.6) is 17.4 Å². The molecule has 1 N–H and O–H groups in total. The highest BCUT2D eigenvalue weighted by Gasteiger charge is 2.60. The van der Waals surface area contributed by atoms with Crippen molar-refractivity contribution in [2.75, 3.05) is 64.5 Å². The Labute approximate surface area is 314 Å². The summed E-state index contributed by atoms with van der Waals surface area (Å²) in [6.45, 7) is 6.77. The number of aromatic nitrogens is 1. The minimum atomic E-state index is -4.71. The van der Waals surface area contributed by atoms with Gasteiger partial charge in [-0.2, -0.15) is 9.57 Å². The van der Waals surface area contributed by atoms with Gasteiger partial charge in [0.25, 0.3) is 15.9 Å². The highest BCUT2D eigenvalue weighted by molar-refractivity contribution is 7.93. The van der Waals surface area contributed by atoms with E-state index in [-0.39, 0.29) is 57.6 Å². The number of fused-ring (bicyclic) bond motifs is 3. The zero-order valence-corrected chi connectivity index (χ0v) is 31.3. The number of anilines is 1. The summed E-state index contributed by atoms with van der Waals surface area (Å²) in [5, 5.41) is 13.0. The fraction of sp³-hybridized carbons (Fsp3) is 0.474. The van der Waals surface area contributed by atoms with Crippen LogP contribution in [0.2, 0.25) is 0 Å². The average molecular weight is 758 g/mol. The maximum Gasteiger partial charge on any atom is 0.319 e. The van der Waals surface area contributed by atoms with Crippen molar-refractivity contribution in [1.82, 2.24) is 25.0 Å². The van der Waals surface area contributed by atoms with Gasteiger partial charge in [-0.3, -0.25) is 14.6 Å². The quantitative estimate of drug-likeness (QED) is 0.322. The maximum atomic E-state index is 15.3. The fourth-order valence-electron chi connectivity index (χ4n) is 8.80. The number of hydrogen-bond donors (Lipinski definition) is 1. The van der Waals surface area contributed by atoms with E-state index in [1.165, 1.54) is 56.8 Å². The van der Waals surface area contributed by atoms with Crippen molar-refractivity contribution in [3.05, 3.63) is 71.4 Å². The summed E-state index contributed by atoms with van der Waals surface area (Å²) >= 11 is 0. The molecule has 0 aliphatic carbocycles. The molecule has 2 unspecified atom stereocenters. The number of urea groups is 1. The lowest BCUT2D eigenvalue weighted by Gasteiger charge is -2.46. The topological polar surface area (TPSA) is 167 Å². The predicted octanol–water partition coefficient (Wildman–Crippen LogP) is 2.68. The molecule has 3 amide bonds. The standard InChI is InChI=1S/C38H43N7O8S/c1-4-53-35-30(6-5-13-40-35)38(41-37(47)44-21-26-17-27(44)20-43(26)25-11-14-42(15-12-25)28-22-52-23-28)31-16-24(19-39)7-9-32(31)45(36(38)46)54(48,49)34-10-8-29(50-2)18-33(34)51-3/h5-10,13,16,18,25-28H,4,11-12,14-15,17,20-23H2,1-3H3,(H,41,47)/t26?,27?,38-/m1/s1. The summed E-state index contributed by atoms with van der Waals surface area (Å²) in [6.07, 6.45) is 4.42. The highest BCUT2D eigenvalue weighted by Crippen LogP contribution is 2.50. The SMILES string of the molecule is CCOc1ncccc1[C@]1(NC(=O)N2CC3CC2CN3C2CCN(C3COC3)CC2)C(=O)N(S(=O)(=O)c2ccc(OC)cc2OC)c2ccc(C#N)cc21. The second kappa shape index (κ2) is 14.0. The molecule has 2 aromatic carbocycles. The van der Waals surface area contributed by atoms with Gasteiger partial charge < -0.3 is 29.2 Å². The summed E-state index contributed by atoms with van der Waals surface area (Å²) in [6, 6.07) is 14.2. The summed E-state index contributed by atoms with van der Waals surface area (Å²) in [5.74, 6) is -0.640. The molecule has 15 nitrogen and oxygen atoms in total. The van der Waals surface area contributed by atoms with E-state index in [1.54, 1.807) is 24.0 Å². The number of carbonyl (C=O) groups is 2. The van der Waals surface area contributed by atoms with Crippen LogP contribution < -0.4 is 23.8 Å². The number of hydrogen-bond acceptors (Lipinski definition) is 12. The molecular weight excluding hydrogens is 715 g/mol. The number of sulfonamides is 1. The number of piperazine rings is 1. The second-order valence-corrected chi connectivity index (χ2v) is 16.0. The molecule has 1 aromatic heterocycles. The summed E-state index contributed by atoms with van der Waals surface area (Å²) < 4.78 is 52.2. The van der Waals surface area contributed by atoms with Crippen molar-refractivity contribution >= 4 is 27.6 Å². The van der Waals surface area contributed by atoms with Gasteiger partial charge in [0, 0.05) is 62.1 Å². The maximum absolute atomic E-state index is 15.3. The first kappa shape index (κ1) is 36.0. The minimum Gasteiger partial charge on any atom is -0.497 e. The van der Waals surface area contributed by atoms with Crippen LogP contribution in [0.15, 0.2) is 59.6 Å². The zero-order valence-electron chi connectivity index (χ0n) is 30.4. The van der Waals surface area contributed by atoms with E-state index in [2.05, 4.69) is 26.2 Å². The normalized spacial score (nSPS) is 24.6. The summed E-state index contributed by atoms with van der Waals surface area (Å²) in [7, 11) is -1.95. The van der Waals surface area contributed by atoms with Crippen LogP contribution >= 0.6 is 0 Å². The molecule has 4 fully saturated rings. The Morgan fingerprint density at radius 3 is 2.46 bits per heavy atom. The second-order valence-electron chi connectivity index (χ2n) is 14.3. The number of likely N-dealkylation sites (tertiary alicyclic amines) is 3. The number of carbonyl (C=O) groups excluding carboxylic acids is 2. The molecule has 2 bridgehead atoms. The van der Waals surface area contributed by atoms with Gasteiger partial charge in [-0.1, -0.05) is 0 Å². The van der Waals surface area contributed by atoms with Crippen molar-refractivity contribution in [3.8, 4) is 23.4 Å². The third kappa shape index (κ3) is 5.72. The Hall–Kier alpha value is -4.95. The van der Waals surface area contributed by atoms with Crippen molar-refractivity contribution in [2.24, 2.45) is 0 Å². The first-order valence-corrected chi connectivity index (χ1v) is 19.7. The Bertz CT molecular complexity index is 2120. The summed E-state index contributed by atoms with van der Waals surface area (Å²) in [4.78, 5) is 40.9. The average Bonchev–Trinajstić information content (AvgIpc) is 3.85. The van der Waals surface area contributed by atoms with Gasteiger partial charge in [0.15, 0.2) is 5.54 Å². The number of pyridine rings is 1. The first-order valence-electron chi connectivity index (χ1n) is 18.3. The molecule has 54 heavy (non-hydrogen) atoms. The van der Waals surface area contributed by atoms with Crippen molar-refractivity contribution in [1.29, 1.82) is 5.26 Å². The molecule has 8 rings (SSSR count). The molecule has 3 atom stereocenters. The van der Waals surface area contributed by atoms with E-state index in [0.717, 1.165) is 45.6 Å². The van der Waals surface area contributed by atoms with E-state index in [1.807, 2.05) is 0 Å². The van der Waals surface area contributed by atoms with E-state index >= 15 is 4.79 Å². The molecule has 0 radical (unpaired) electrons. The molecule has 284 valence electrons. The van der Waals surface area contributed by atoms with E-state index in [4.69, 9.17) is 18.9 Å². The van der Waals surface area contributed by atoms with Crippen LogP contribution in [0.3, 0.4) is 0 Å². The number of amides is 3. The molecule has 4 saturated heterocycles. The Balaban J connectivity index is 1.16. The first-order chi connectivity index (χ1) is 26.1. The van der Waals surface area contributed by atoms with E-state index < -0.39 is 27.5 Å². The van der Waals surface area contributed by atoms with Crippen LogP contribution in [-0.4, -0.2) is 124 Å². The molecular formula is C38H43N7O8S. The number of nitrogens with one attached hydrogen (secondary N) is 1. The summed E-state index contributed by atoms with van der Waals surface area (Å²) in [5.41, 5.74) is -1.78. The lowest BCUT2D eigenvalue weighted by Crippen LogP contribution is -2.61. The molecule has 0 spiro atoms. The van der Waals surface area contributed by atoms with Crippen LogP contribution in [0.1, 0.15) is 42.9 Å². The van der Waals surface area contributed by atoms with Crippen LogP contribution in [0.25, 0.3) is 0 Å². The number of ether oxygens (including phenoxy) is 4. The molecule has 3 aromatic rings. The highest BCUT2D eigenvalue weighted by atomic mass is 32.2. The number of methoxy groups -OCH3 is 2. The van der Waals surface area contributed by atoms with Crippen molar-refractivity contribution < 1.29 is 37.0 Å². The van der Waals surface area contributed by atoms with Crippen molar-refractivity contribution in [3.63, 3.8) is 0 Å². The largest absolute Gasteiger partial charge is 0.497 e. The van der Waals surface area contributed by atoms with E-state index in [9.17, 15) is 18.5 Å². The number of rotatable bonds is 10. The third-order valence-electron chi connectivity index (χ3n) is 11.5. The number of nitrogens with zero attached hydrogens (tertiary/aromatic N) is 6. The van der Waals surface area contributed by atoms with Gasteiger partial charge in [-0.15, -0.1) is 0 Å². The van der Waals surface area contributed by atoms with Crippen LogP contribution in [0.4, 0.5) is 10.5 Å². The van der Waals surface area contributed by atoms with E-state index in [0.29, 0.717) is 35.2 Å². The van der Waals surface area contributed by atoms with Gasteiger partial charge in [0.05, 0.1) is 63.0 Å². The van der Waals surface area contributed by atoms with Crippen LogP contribution in [0, 0.1) is 11.3 Å². The lowest BCUT2D eigenvalue weighted by molar-refractivity contribution is -0.121. The number of benzene rings is 2.